The Hall–Kier alpha value is -3.07. The van der Waals surface area contributed by atoms with Gasteiger partial charge in [0.25, 0.3) is 5.91 Å². The minimum atomic E-state index is -0.791. The van der Waals surface area contributed by atoms with Crippen LogP contribution in [-0.4, -0.2) is 5.91 Å². The highest BCUT2D eigenvalue weighted by Gasteiger charge is 2.14. The third-order valence-electron chi connectivity index (χ3n) is 2.60. The molecule has 0 aliphatic carbocycles. The number of nitriles is 1. The van der Waals surface area contributed by atoms with Crippen molar-refractivity contribution in [2.24, 2.45) is 5.73 Å². The highest BCUT2D eigenvalue weighted by atomic mass is 19.1. The third-order valence-corrected chi connectivity index (χ3v) is 2.60. The number of carbonyl (C=O) groups excluding carboxylic acids is 1. The van der Waals surface area contributed by atoms with Crippen molar-refractivity contribution in [2.75, 3.05) is 5.73 Å². The fraction of sp³-hybridized carbons (Fsp3) is 0. The number of hydrogen-bond acceptors (Lipinski definition) is 4. The second kappa shape index (κ2) is 5.28. The summed E-state index contributed by atoms with van der Waals surface area (Å²) < 4.78 is 19.1. The van der Waals surface area contributed by atoms with E-state index < -0.39 is 11.7 Å². The summed E-state index contributed by atoms with van der Waals surface area (Å²) in [5.74, 6) is -1.59. The van der Waals surface area contributed by atoms with Crippen molar-refractivity contribution in [1.29, 1.82) is 5.26 Å². The standard InChI is InChI=1S/C14H10FN3O2/c15-10-6-11(17)9(14(18)19)5-13(10)20-12-4-2-1-3-8(12)7-16/h1-6H,17H2,(H2,18,19). The zero-order valence-corrected chi connectivity index (χ0v) is 10.3. The normalized spacial score (nSPS) is 9.80. The largest absolute Gasteiger partial charge is 0.453 e. The number of nitrogen functional groups attached to an aromatic ring is 1. The SMILES string of the molecule is N#Cc1ccccc1Oc1cc(C(N)=O)c(N)cc1F. The van der Waals surface area contributed by atoms with Crippen LogP contribution in [0.1, 0.15) is 15.9 Å². The average molecular weight is 271 g/mol. The first-order chi connectivity index (χ1) is 9.52. The molecule has 20 heavy (non-hydrogen) atoms. The summed E-state index contributed by atoms with van der Waals surface area (Å²) in [6, 6.07) is 10.3. The molecule has 6 heteroatoms. The molecule has 0 saturated carbocycles. The molecule has 2 aromatic rings. The molecule has 100 valence electrons. The van der Waals surface area contributed by atoms with E-state index in [4.69, 9.17) is 21.5 Å². The van der Waals surface area contributed by atoms with Crippen molar-refractivity contribution in [2.45, 2.75) is 0 Å². The van der Waals surface area contributed by atoms with Gasteiger partial charge in [-0.1, -0.05) is 12.1 Å². The third kappa shape index (κ3) is 2.52. The van der Waals surface area contributed by atoms with Gasteiger partial charge >= 0.3 is 0 Å². The molecule has 0 aliphatic heterocycles. The maximum atomic E-state index is 13.8. The molecule has 2 rings (SSSR count). The Balaban J connectivity index is 2.46. The first-order valence-electron chi connectivity index (χ1n) is 5.58. The molecule has 0 fully saturated rings. The molecular formula is C14H10FN3O2. The molecule has 0 bridgehead atoms. The number of halogens is 1. The summed E-state index contributed by atoms with van der Waals surface area (Å²) in [5, 5.41) is 8.93. The van der Waals surface area contributed by atoms with E-state index in [9.17, 15) is 9.18 Å². The Bertz CT molecular complexity index is 723. The Morgan fingerprint density at radius 2 is 1.95 bits per heavy atom. The van der Waals surface area contributed by atoms with Crippen molar-refractivity contribution in [1.82, 2.24) is 0 Å². The Morgan fingerprint density at radius 3 is 2.60 bits per heavy atom. The zero-order chi connectivity index (χ0) is 14.7. The van der Waals surface area contributed by atoms with Crippen LogP contribution in [0.2, 0.25) is 0 Å². The number of carbonyl (C=O) groups is 1. The van der Waals surface area contributed by atoms with Crippen molar-refractivity contribution < 1.29 is 13.9 Å². The van der Waals surface area contributed by atoms with Gasteiger partial charge in [-0.2, -0.15) is 5.26 Å². The van der Waals surface area contributed by atoms with E-state index in [-0.39, 0.29) is 28.3 Å². The van der Waals surface area contributed by atoms with Crippen molar-refractivity contribution >= 4 is 11.6 Å². The topological polar surface area (TPSA) is 102 Å². The van der Waals surface area contributed by atoms with Gasteiger partial charge in [-0.3, -0.25) is 4.79 Å². The van der Waals surface area contributed by atoms with Gasteiger partial charge in [-0.15, -0.1) is 0 Å². The van der Waals surface area contributed by atoms with E-state index in [0.29, 0.717) is 0 Å². The van der Waals surface area contributed by atoms with Crippen molar-refractivity contribution in [3.63, 3.8) is 0 Å². The lowest BCUT2D eigenvalue weighted by molar-refractivity contribution is 0.100. The number of primary amides is 1. The number of amides is 1. The van der Waals surface area contributed by atoms with Crippen LogP contribution < -0.4 is 16.2 Å². The Kier molecular flexibility index (Phi) is 3.53. The van der Waals surface area contributed by atoms with Gasteiger partial charge in [0, 0.05) is 11.8 Å². The fourth-order valence-electron chi connectivity index (χ4n) is 1.63. The molecule has 2 aromatic carbocycles. The summed E-state index contributed by atoms with van der Waals surface area (Å²) in [4.78, 5) is 11.2. The first kappa shape index (κ1) is 13.4. The zero-order valence-electron chi connectivity index (χ0n) is 10.3. The lowest BCUT2D eigenvalue weighted by atomic mass is 10.1. The van der Waals surface area contributed by atoms with E-state index in [1.54, 1.807) is 12.1 Å². The van der Waals surface area contributed by atoms with Crippen LogP contribution in [0.3, 0.4) is 0 Å². The summed E-state index contributed by atoms with van der Waals surface area (Å²) in [7, 11) is 0. The van der Waals surface area contributed by atoms with Crippen LogP contribution in [0.5, 0.6) is 11.5 Å². The average Bonchev–Trinajstić information content (AvgIpc) is 2.42. The molecule has 0 unspecified atom stereocenters. The molecule has 0 aromatic heterocycles. The maximum Gasteiger partial charge on any atom is 0.250 e. The fourth-order valence-corrected chi connectivity index (χ4v) is 1.63. The molecule has 0 atom stereocenters. The predicted octanol–water partition coefficient (Wildman–Crippen LogP) is 2.17. The maximum absolute atomic E-state index is 13.8. The number of anilines is 1. The van der Waals surface area contributed by atoms with Gasteiger partial charge in [-0.25, -0.2) is 4.39 Å². The number of rotatable bonds is 3. The van der Waals surface area contributed by atoms with Crippen LogP contribution in [0.15, 0.2) is 36.4 Å². The molecule has 0 heterocycles. The molecule has 5 nitrogen and oxygen atoms in total. The summed E-state index contributed by atoms with van der Waals surface area (Å²) >= 11 is 0. The first-order valence-corrected chi connectivity index (χ1v) is 5.58. The van der Waals surface area contributed by atoms with Gasteiger partial charge < -0.3 is 16.2 Å². The van der Waals surface area contributed by atoms with Crippen molar-refractivity contribution in [3.8, 4) is 17.6 Å². The smallest absolute Gasteiger partial charge is 0.250 e. The number of hydrogen-bond donors (Lipinski definition) is 2. The van der Waals surface area contributed by atoms with E-state index >= 15 is 0 Å². The molecule has 1 amide bonds. The van der Waals surface area contributed by atoms with Gasteiger partial charge in [0.1, 0.15) is 11.8 Å². The van der Waals surface area contributed by atoms with Crippen LogP contribution in [0.4, 0.5) is 10.1 Å². The molecule has 0 saturated heterocycles. The molecule has 4 N–H and O–H groups in total. The molecule has 0 radical (unpaired) electrons. The quantitative estimate of drug-likeness (QED) is 0.835. The minimum absolute atomic E-state index is 0.0455. The lowest BCUT2D eigenvalue weighted by Crippen LogP contribution is -2.14. The lowest BCUT2D eigenvalue weighted by Gasteiger charge is -2.10. The summed E-state index contributed by atoms with van der Waals surface area (Å²) in [6.07, 6.45) is 0. The second-order valence-corrected chi connectivity index (χ2v) is 3.94. The minimum Gasteiger partial charge on any atom is -0.453 e. The van der Waals surface area contributed by atoms with Gasteiger partial charge in [-0.05, 0) is 18.2 Å². The second-order valence-electron chi connectivity index (χ2n) is 3.94. The van der Waals surface area contributed by atoms with Crippen LogP contribution in [-0.2, 0) is 0 Å². The van der Waals surface area contributed by atoms with Crippen LogP contribution >= 0.6 is 0 Å². The van der Waals surface area contributed by atoms with Crippen molar-refractivity contribution in [3.05, 3.63) is 53.3 Å². The van der Waals surface area contributed by atoms with E-state index in [0.717, 1.165) is 12.1 Å². The molecule has 0 aliphatic rings. The highest BCUT2D eigenvalue weighted by Crippen LogP contribution is 2.30. The number of benzene rings is 2. The number of ether oxygens (including phenoxy) is 1. The Morgan fingerprint density at radius 1 is 1.25 bits per heavy atom. The number of nitrogens with zero attached hydrogens (tertiary/aromatic N) is 1. The van der Waals surface area contributed by atoms with Gasteiger partial charge in [0.05, 0.1) is 11.1 Å². The number of para-hydroxylation sites is 1. The van der Waals surface area contributed by atoms with E-state index in [1.165, 1.54) is 12.1 Å². The van der Waals surface area contributed by atoms with Gasteiger partial charge in [0.2, 0.25) is 0 Å². The molecule has 0 spiro atoms. The van der Waals surface area contributed by atoms with Crippen LogP contribution in [0.25, 0.3) is 0 Å². The molecular weight excluding hydrogens is 261 g/mol. The number of nitrogens with two attached hydrogens (primary N) is 2. The van der Waals surface area contributed by atoms with E-state index in [2.05, 4.69) is 0 Å². The monoisotopic (exact) mass is 271 g/mol. The van der Waals surface area contributed by atoms with Crippen LogP contribution in [0, 0.1) is 17.1 Å². The Labute approximate surface area is 114 Å². The summed E-state index contributed by atoms with van der Waals surface area (Å²) in [5.41, 5.74) is 10.7. The highest BCUT2D eigenvalue weighted by molar-refractivity contribution is 5.98. The van der Waals surface area contributed by atoms with E-state index in [1.807, 2.05) is 6.07 Å². The predicted molar refractivity (Wildman–Crippen MR) is 70.6 cm³/mol. The van der Waals surface area contributed by atoms with Gasteiger partial charge in [0.15, 0.2) is 11.6 Å². The summed E-state index contributed by atoms with van der Waals surface area (Å²) in [6.45, 7) is 0.